The van der Waals surface area contributed by atoms with Crippen molar-refractivity contribution in [2.45, 2.75) is 30.6 Å². The number of hydrogen-bond donors (Lipinski definition) is 0. The topological polar surface area (TPSA) is 26.3 Å². The summed E-state index contributed by atoms with van der Waals surface area (Å²) in [5.41, 5.74) is 2.29. The van der Waals surface area contributed by atoms with Gasteiger partial charge in [0.05, 0.1) is 7.11 Å². The van der Waals surface area contributed by atoms with E-state index in [9.17, 15) is 13.6 Å². The molecule has 0 spiro atoms. The number of halogens is 2. The Balaban J connectivity index is 1.93. The molecule has 0 radical (unpaired) electrons. The highest BCUT2D eigenvalue weighted by atomic mass is 19.3. The zero-order valence-electron chi connectivity index (χ0n) is 12.8. The largest absolute Gasteiger partial charge is 0.497 e. The molecule has 2 aromatic carbocycles. The zero-order chi connectivity index (χ0) is 16.4. The Morgan fingerprint density at radius 3 is 2.39 bits per heavy atom. The van der Waals surface area contributed by atoms with E-state index in [0.717, 1.165) is 16.9 Å². The van der Waals surface area contributed by atoms with E-state index in [-0.39, 0.29) is 12.3 Å². The van der Waals surface area contributed by atoms with Gasteiger partial charge in [0.15, 0.2) is 0 Å². The lowest BCUT2D eigenvalue weighted by atomic mass is 9.73. The smallest absolute Gasteiger partial charge is 0.262 e. The van der Waals surface area contributed by atoms with Gasteiger partial charge in [0.2, 0.25) is 0 Å². The van der Waals surface area contributed by atoms with Gasteiger partial charge in [-0.25, -0.2) is 8.78 Å². The molecule has 0 bridgehead atoms. The van der Waals surface area contributed by atoms with Crippen molar-refractivity contribution >= 4 is 6.29 Å². The molecule has 0 heterocycles. The van der Waals surface area contributed by atoms with E-state index in [1.54, 1.807) is 19.2 Å². The Morgan fingerprint density at radius 2 is 1.78 bits per heavy atom. The number of rotatable bonds is 4. The molecular weight excluding hydrogens is 298 g/mol. The molecule has 1 aliphatic rings. The van der Waals surface area contributed by atoms with Crippen LogP contribution in [-0.4, -0.2) is 19.3 Å². The number of methoxy groups -OCH3 is 1. The Morgan fingerprint density at radius 1 is 1.13 bits per heavy atom. The van der Waals surface area contributed by atoms with Crippen LogP contribution in [0.5, 0.6) is 5.75 Å². The summed E-state index contributed by atoms with van der Waals surface area (Å²) in [6, 6.07) is 14.5. The Kier molecular flexibility index (Phi) is 4.16. The van der Waals surface area contributed by atoms with E-state index in [1.165, 1.54) is 0 Å². The van der Waals surface area contributed by atoms with Crippen LogP contribution in [0.15, 0.2) is 48.5 Å². The van der Waals surface area contributed by atoms with E-state index < -0.39 is 11.8 Å². The summed E-state index contributed by atoms with van der Waals surface area (Å²) in [4.78, 5) is 11.2. The molecule has 0 aliphatic heterocycles. The van der Waals surface area contributed by atoms with E-state index in [4.69, 9.17) is 4.74 Å². The molecule has 2 atom stereocenters. The normalized spacial score (nSPS) is 22.2. The predicted molar refractivity (Wildman–Crippen MR) is 84.3 cm³/mol. The van der Waals surface area contributed by atoms with Crippen molar-refractivity contribution in [1.82, 2.24) is 0 Å². The highest BCUT2D eigenvalue weighted by Crippen LogP contribution is 2.48. The average molecular weight is 316 g/mol. The highest BCUT2D eigenvalue weighted by Gasteiger charge is 2.47. The summed E-state index contributed by atoms with van der Waals surface area (Å²) in [6.07, 6.45) is 0.587. The molecule has 3 rings (SSSR count). The van der Waals surface area contributed by atoms with Crippen molar-refractivity contribution in [3.8, 4) is 5.75 Å². The van der Waals surface area contributed by atoms with Crippen LogP contribution >= 0.6 is 0 Å². The summed E-state index contributed by atoms with van der Waals surface area (Å²) in [6.45, 7) is 0. The first-order valence-electron chi connectivity index (χ1n) is 7.60. The van der Waals surface area contributed by atoms with E-state index in [2.05, 4.69) is 0 Å². The summed E-state index contributed by atoms with van der Waals surface area (Å²) in [5, 5.41) is 0. The third-order valence-corrected chi connectivity index (χ3v) is 4.52. The second-order valence-corrected chi connectivity index (χ2v) is 5.96. The lowest BCUT2D eigenvalue weighted by Crippen LogP contribution is -2.35. The van der Waals surface area contributed by atoms with E-state index in [1.807, 2.05) is 36.4 Å². The molecule has 1 aliphatic carbocycles. The molecule has 23 heavy (non-hydrogen) atoms. The van der Waals surface area contributed by atoms with Crippen LogP contribution in [0.1, 0.15) is 34.9 Å². The minimum atomic E-state index is -3.01. The van der Waals surface area contributed by atoms with Crippen LogP contribution < -0.4 is 4.74 Å². The van der Waals surface area contributed by atoms with Crippen molar-refractivity contribution in [3.63, 3.8) is 0 Å². The fraction of sp³-hybridized carbons (Fsp3) is 0.316. The standard InChI is InChI=1S/C19H18F2O2/c1-23-15-8-6-13(7-9-15)10-14-11-19(20,21)18(12-22)17-5-3-2-4-16(14)17/h2-9,12,14,18H,10-11H2,1H3. The van der Waals surface area contributed by atoms with Crippen LogP contribution in [-0.2, 0) is 11.2 Å². The fourth-order valence-electron chi connectivity index (χ4n) is 3.36. The lowest BCUT2D eigenvalue weighted by molar-refractivity contribution is -0.120. The predicted octanol–water partition coefficient (Wildman–Crippen LogP) is 4.34. The fourth-order valence-corrected chi connectivity index (χ4v) is 3.36. The van der Waals surface area contributed by atoms with Crippen molar-refractivity contribution in [1.29, 1.82) is 0 Å². The maximum atomic E-state index is 14.4. The summed E-state index contributed by atoms with van der Waals surface area (Å²) < 4.78 is 33.9. The maximum Gasteiger partial charge on any atom is 0.262 e. The lowest BCUT2D eigenvalue weighted by Gasteiger charge is -2.35. The van der Waals surface area contributed by atoms with Crippen molar-refractivity contribution in [2.75, 3.05) is 7.11 Å². The minimum absolute atomic E-state index is 0.300. The van der Waals surface area contributed by atoms with Crippen molar-refractivity contribution in [3.05, 3.63) is 65.2 Å². The van der Waals surface area contributed by atoms with Gasteiger partial charge in [0, 0.05) is 6.42 Å². The third kappa shape index (κ3) is 2.98. The number of alkyl halides is 2. The number of aldehydes is 1. The first-order valence-corrected chi connectivity index (χ1v) is 7.60. The van der Waals surface area contributed by atoms with Gasteiger partial charge in [-0.15, -0.1) is 0 Å². The van der Waals surface area contributed by atoms with Gasteiger partial charge in [0.1, 0.15) is 18.0 Å². The quantitative estimate of drug-likeness (QED) is 0.784. The number of carbonyl (C=O) groups excluding carboxylic acids is 1. The highest BCUT2D eigenvalue weighted by molar-refractivity contribution is 5.66. The number of fused-ring (bicyclic) bond motifs is 1. The summed E-state index contributed by atoms with van der Waals surface area (Å²) in [5.74, 6) is -3.91. The molecular formula is C19H18F2O2. The Labute approximate surface area is 134 Å². The second-order valence-electron chi connectivity index (χ2n) is 5.96. The minimum Gasteiger partial charge on any atom is -0.497 e. The maximum absolute atomic E-state index is 14.4. The number of benzene rings is 2. The molecule has 2 unspecified atom stereocenters. The monoisotopic (exact) mass is 316 g/mol. The summed E-state index contributed by atoms with van der Waals surface area (Å²) in [7, 11) is 1.59. The van der Waals surface area contributed by atoms with E-state index in [0.29, 0.717) is 18.3 Å². The van der Waals surface area contributed by atoms with Crippen LogP contribution in [0.4, 0.5) is 8.78 Å². The van der Waals surface area contributed by atoms with Crippen molar-refractivity contribution < 1.29 is 18.3 Å². The van der Waals surface area contributed by atoms with Crippen LogP contribution in [0.2, 0.25) is 0 Å². The first-order chi connectivity index (χ1) is 11.0. The zero-order valence-corrected chi connectivity index (χ0v) is 12.8. The van der Waals surface area contributed by atoms with Crippen LogP contribution in [0.3, 0.4) is 0 Å². The van der Waals surface area contributed by atoms with Gasteiger partial charge < -0.3 is 9.53 Å². The second kappa shape index (κ2) is 6.11. The van der Waals surface area contributed by atoms with E-state index >= 15 is 0 Å². The van der Waals surface area contributed by atoms with Gasteiger partial charge in [-0.2, -0.15) is 0 Å². The van der Waals surface area contributed by atoms with Crippen LogP contribution in [0, 0.1) is 0 Å². The Bertz CT molecular complexity index is 695. The summed E-state index contributed by atoms with van der Waals surface area (Å²) >= 11 is 0. The van der Waals surface area contributed by atoms with Gasteiger partial charge in [0.25, 0.3) is 5.92 Å². The molecule has 0 amide bonds. The van der Waals surface area contributed by atoms with Crippen molar-refractivity contribution in [2.24, 2.45) is 0 Å². The molecule has 0 fully saturated rings. The molecule has 2 aromatic rings. The van der Waals surface area contributed by atoms with Gasteiger partial charge >= 0.3 is 0 Å². The molecule has 2 nitrogen and oxygen atoms in total. The average Bonchev–Trinajstić information content (AvgIpc) is 2.55. The Hall–Kier alpha value is -2.23. The van der Waals surface area contributed by atoms with Crippen LogP contribution in [0.25, 0.3) is 0 Å². The molecule has 0 saturated carbocycles. The molecule has 0 saturated heterocycles. The van der Waals surface area contributed by atoms with Gasteiger partial charge in [-0.3, -0.25) is 0 Å². The van der Waals surface area contributed by atoms with Gasteiger partial charge in [-0.05, 0) is 41.2 Å². The molecule has 120 valence electrons. The first kappa shape index (κ1) is 15.7. The van der Waals surface area contributed by atoms with Gasteiger partial charge in [-0.1, -0.05) is 36.4 Å². The number of hydrogen-bond acceptors (Lipinski definition) is 2. The third-order valence-electron chi connectivity index (χ3n) is 4.52. The molecule has 0 aromatic heterocycles. The SMILES string of the molecule is COc1ccc(CC2CC(F)(F)C(C=O)c3ccccc32)cc1. The molecule has 4 heteroatoms. The number of ether oxygens (including phenoxy) is 1. The number of carbonyl (C=O) groups is 1. The molecule has 0 N–H and O–H groups in total.